The monoisotopic (exact) mass is 390 g/mol. The summed E-state index contributed by atoms with van der Waals surface area (Å²) in [6.45, 7) is 0. The first-order valence-electron chi connectivity index (χ1n) is 8.54. The van der Waals surface area contributed by atoms with Gasteiger partial charge in [0.05, 0.1) is 18.7 Å². The number of halogens is 3. The van der Waals surface area contributed by atoms with Gasteiger partial charge in [0.25, 0.3) is 5.91 Å². The molecule has 28 heavy (non-hydrogen) atoms. The van der Waals surface area contributed by atoms with Crippen molar-refractivity contribution in [2.24, 2.45) is 5.92 Å². The van der Waals surface area contributed by atoms with Gasteiger partial charge in [-0.2, -0.15) is 0 Å². The zero-order valence-electron chi connectivity index (χ0n) is 14.9. The van der Waals surface area contributed by atoms with E-state index in [-0.39, 0.29) is 11.5 Å². The molecule has 1 atom stereocenters. The predicted molar refractivity (Wildman–Crippen MR) is 94.5 cm³/mol. The van der Waals surface area contributed by atoms with Crippen LogP contribution in [-0.4, -0.2) is 24.7 Å². The first-order valence-corrected chi connectivity index (χ1v) is 8.54. The van der Waals surface area contributed by atoms with E-state index in [1.807, 2.05) is 0 Å². The van der Waals surface area contributed by atoms with Gasteiger partial charge >= 0.3 is 5.97 Å². The molecule has 1 saturated carbocycles. The summed E-state index contributed by atoms with van der Waals surface area (Å²) in [5.74, 6) is -5.75. The maximum absolute atomic E-state index is 13.4. The molecule has 1 fully saturated rings. The highest BCUT2D eigenvalue weighted by atomic mass is 19.2. The standard InChI is InChI=1S/C20H17F3N2O3/c1-28-20(27)12-6-4-11(5-7-12)18(10-2-3-10)25-19(26)17(24)13-8-14(21)16(23)15(22)9-13/h4-10,18,24H,2-3H2,1H3,(H,25,26). The van der Waals surface area contributed by atoms with E-state index in [1.54, 1.807) is 24.3 Å². The van der Waals surface area contributed by atoms with Gasteiger partial charge in [0.1, 0.15) is 5.71 Å². The van der Waals surface area contributed by atoms with Crippen LogP contribution in [0.4, 0.5) is 13.2 Å². The molecule has 0 aliphatic heterocycles. The fourth-order valence-electron chi connectivity index (χ4n) is 2.89. The lowest BCUT2D eigenvalue weighted by Crippen LogP contribution is -2.35. The van der Waals surface area contributed by atoms with E-state index in [0.717, 1.165) is 18.4 Å². The van der Waals surface area contributed by atoms with Crippen molar-refractivity contribution in [1.82, 2.24) is 5.32 Å². The molecule has 1 aliphatic rings. The molecule has 2 aromatic rings. The smallest absolute Gasteiger partial charge is 0.337 e. The zero-order valence-corrected chi connectivity index (χ0v) is 14.9. The van der Waals surface area contributed by atoms with Crippen molar-refractivity contribution in [3.8, 4) is 0 Å². The molecule has 3 rings (SSSR count). The predicted octanol–water partition coefficient (Wildman–Crippen LogP) is 3.53. The number of carbonyl (C=O) groups is 2. The van der Waals surface area contributed by atoms with E-state index >= 15 is 0 Å². The molecule has 0 saturated heterocycles. The number of benzene rings is 2. The Labute approximate surface area is 159 Å². The minimum Gasteiger partial charge on any atom is -0.465 e. The normalized spacial score (nSPS) is 14.3. The largest absolute Gasteiger partial charge is 0.465 e. The molecule has 146 valence electrons. The fourth-order valence-corrected chi connectivity index (χ4v) is 2.89. The highest BCUT2D eigenvalue weighted by Gasteiger charge is 2.34. The summed E-state index contributed by atoms with van der Waals surface area (Å²) in [7, 11) is 1.27. The van der Waals surface area contributed by atoms with E-state index in [2.05, 4.69) is 10.1 Å². The van der Waals surface area contributed by atoms with Crippen molar-refractivity contribution >= 4 is 17.6 Å². The van der Waals surface area contributed by atoms with E-state index < -0.39 is 41.1 Å². The number of ether oxygens (including phenoxy) is 1. The Morgan fingerprint density at radius 2 is 1.64 bits per heavy atom. The zero-order chi connectivity index (χ0) is 20.4. The molecular weight excluding hydrogens is 373 g/mol. The molecule has 2 aromatic carbocycles. The first kappa shape index (κ1) is 19.6. The number of amides is 1. The number of esters is 1. The number of hydrogen-bond donors (Lipinski definition) is 2. The lowest BCUT2D eigenvalue weighted by molar-refractivity contribution is -0.115. The Balaban J connectivity index is 1.78. The van der Waals surface area contributed by atoms with Gasteiger partial charge in [-0.15, -0.1) is 0 Å². The van der Waals surface area contributed by atoms with Crippen LogP contribution in [0.25, 0.3) is 0 Å². The van der Waals surface area contributed by atoms with Crippen molar-refractivity contribution in [3.05, 3.63) is 70.5 Å². The average molecular weight is 390 g/mol. The summed E-state index contributed by atoms with van der Waals surface area (Å²) in [5.41, 5.74) is 0.0593. The van der Waals surface area contributed by atoms with Gasteiger partial charge < -0.3 is 10.1 Å². The van der Waals surface area contributed by atoms with Crippen molar-refractivity contribution in [2.75, 3.05) is 7.11 Å². The van der Waals surface area contributed by atoms with Crippen molar-refractivity contribution in [1.29, 1.82) is 5.41 Å². The molecule has 0 heterocycles. The van der Waals surface area contributed by atoms with Crippen LogP contribution in [0, 0.1) is 28.8 Å². The number of carbonyl (C=O) groups excluding carboxylic acids is 2. The van der Waals surface area contributed by atoms with Crippen LogP contribution in [0.3, 0.4) is 0 Å². The second-order valence-electron chi connectivity index (χ2n) is 6.53. The minimum atomic E-state index is -1.65. The summed E-state index contributed by atoms with van der Waals surface area (Å²) < 4.78 is 44.5. The molecule has 1 aliphatic carbocycles. The second-order valence-corrected chi connectivity index (χ2v) is 6.53. The van der Waals surface area contributed by atoms with Crippen molar-refractivity contribution in [2.45, 2.75) is 18.9 Å². The summed E-state index contributed by atoms with van der Waals surface area (Å²) in [6.07, 6.45) is 1.74. The van der Waals surface area contributed by atoms with E-state index in [1.165, 1.54) is 7.11 Å². The molecule has 2 N–H and O–H groups in total. The van der Waals surface area contributed by atoms with Crippen LogP contribution in [0.5, 0.6) is 0 Å². The molecule has 0 aromatic heterocycles. The summed E-state index contributed by atoms with van der Waals surface area (Å²) >= 11 is 0. The third-order valence-corrected chi connectivity index (χ3v) is 4.57. The summed E-state index contributed by atoms with van der Waals surface area (Å²) in [6, 6.07) is 7.29. The van der Waals surface area contributed by atoms with Gasteiger partial charge in [-0.3, -0.25) is 10.2 Å². The molecule has 0 radical (unpaired) electrons. The van der Waals surface area contributed by atoms with Crippen LogP contribution in [0.2, 0.25) is 0 Å². The van der Waals surface area contributed by atoms with E-state index in [0.29, 0.717) is 17.7 Å². The molecule has 8 heteroatoms. The van der Waals surface area contributed by atoms with Gasteiger partial charge in [-0.1, -0.05) is 12.1 Å². The Morgan fingerprint density at radius 3 is 2.14 bits per heavy atom. The molecule has 5 nitrogen and oxygen atoms in total. The summed E-state index contributed by atoms with van der Waals surface area (Å²) in [4.78, 5) is 24.0. The van der Waals surface area contributed by atoms with Crippen LogP contribution in [-0.2, 0) is 9.53 Å². The number of nitrogens with one attached hydrogen (secondary N) is 2. The maximum atomic E-state index is 13.4. The Kier molecular flexibility index (Phi) is 5.48. The van der Waals surface area contributed by atoms with Crippen LogP contribution in [0.15, 0.2) is 36.4 Å². The lowest BCUT2D eigenvalue weighted by atomic mass is 10.00. The number of rotatable bonds is 6. The Morgan fingerprint density at radius 1 is 1.07 bits per heavy atom. The highest BCUT2D eigenvalue weighted by molar-refractivity contribution is 6.44. The fraction of sp³-hybridized carbons (Fsp3) is 0.250. The quantitative estimate of drug-likeness (QED) is 0.450. The van der Waals surface area contributed by atoms with E-state index in [9.17, 15) is 22.8 Å². The molecule has 0 spiro atoms. The topological polar surface area (TPSA) is 79.2 Å². The van der Waals surface area contributed by atoms with Gasteiger partial charge in [0.2, 0.25) is 0 Å². The maximum Gasteiger partial charge on any atom is 0.337 e. The van der Waals surface area contributed by atoms with Crippen molar-refractivity contribution in [3.63, 3.8) is 0 Å². The van der Waals surface area contributed by atoms with E-state index in [4.69, 9.17) is 5.41 Å². The minimum absolute atomic E-state index is 0.155. The third-order valence-electron chi connectivity index (χ3n) is 4.57. The third kappa shape index (κ3) is 4.05. The second kappa shape index (κ2) is 7.84. The van der Waals surface area contributed by atoms with Gasteiger partial charge in [0.15, 0.2) is 17.5 Å². The van der Waals surface area contributed by atoms with Crippen LogP contribution < -0.4 is 5.32 Å². The first-order chi connectivity index (χ1) is 13.3. The van der Waals surface area contributed by atoms with Gasteiger partial charge in [-0.25, -0.2) is 18.0 Å². The Bertz CT molecular complexity index is 917. The number of hydrogen-bond acceptors (Lipinski definition) is 4. The van der Waals surface area contributed by atoms with Crippen LogP contribution >= 0.6 is 0 Å². The molecule has 1 amide bonds. The highest BCUT2D eigenvalue weighted by Crippen LogP contribution is 2.41. The lowest BCUT2D eigenvalue weighted by Gasteiger charge is -2.19. The Hall–Kier alpha value is -3.16. The number of methoxy groups -OCH3 is 1. The average Bonchev–Trinajstić information content (AvgIpc) is 3.53. The summed E-state index contributed by atoms with van der Waals surface area (Å²) in [5, 5.41) is 10.6. The van der Waals surface area contributed by atoms with Crippen LogP contribution in [0.1, 0.15) is 40.4 Å². The molecular formula is C20H17F3N2O3. The van der Waals surface area contributed by atoms with Crippen molar-refractivity contribution < 1.29 is 27.5 Å². The van der Waals surface area contributed by atoms with Gasteiger partial charge in [-0.05, 0) is 48.6 Å². The molecule has 1 unspecified atom stereocenters. The van der Waals surface area contributed by atoms with Gasteiger partial charge in [0, 0.05) is 5.56 Å². The SMILES string of the molecule is COC(=O)c1ccc(C(NC(=O)C(=N)c2cc(F)c(F)c(F)c2)C2CC2)cc1. The molecule has 0 bridgehead atoms.